The van der Waals surface area contributed by atoms with Gasteiger partial charge < -0.3 is 10.1 Å². The average Bonchev–Trinajstić information content (AvgIpc) is 3.21. The van der Waals surface area contributed by atoms with Crippen LogP contribution in [0.15, 0.2) is 52.0 Å². The van der Waals surface area contributed by atoms with E-state index in [1.54, 1.807) is 12.3 Å². The van der Waals surface area contributed by atoms with Crippen LogP contribution in [0.2, 0.25) is 5.02 Å². The summed E-state index contributed by atoms with van der Waals surface area (Å²) in [5.74, 6) is 0.382. The largest absolute Gasteiger partial charge is 0.393 e. The highest BCUT2D eigenvalue weighted by Crippen LogP contribution is 2.32. The Bertz CT molecular complexity index is 1010. The van der Waals surface area contributed by atoms with Crippen LogP contribution in [-0.2, 0) is 0 Å². The first-order valence-electron chi connectivity index (χ1n) is 9.40. The van der Waals surface area contributed by atoms with Crippen molar-refractivity contribution in [3.8, 4) is 22.6 Å². The lowest BCUT2D eigenvalue weighted by atomic mass is 9.94. The molecule has 1 aliphatic rings. The minimum Gasteiger partial charge on any atom is -0.393 e. The number of hydrogen-bond donors (Lipinski definition) is 3. The van der Waals surface area contributed by atoms with Crippen LogP contribution in [0.3, 0.4) is 0 Å². The molecule has 8 heteroatoms. The van der Waals surface area contributed by atoms with Crippen LogP contribution in [0.1, 0.15) is 25.7 Å². The number of halogens is 3. The average molecular weight is 497 g/mol. The zero-order valence-electron chi connectivity index (χ0n) is 15.5. The SMILES string of the molecule is OC1CCC(NSc2cc(-c3ncc(-c4ccc(Br)c(F)c4)[nH]3)ccc2Cl)CC1. The molecule has 0 radical (unpaired) electrons. The number of H-pyrrole nitrogens is 1. The molecule has 4 rings (SSSR count). The molecule has 4 nitrogen and oxygen atoms in total. The molecule has 3 N–H and O–H groups in total. The summed E-state index contributed by atoms with van der Waals surface area (Å²) in [6.07, 6.45) is 5.10. The molecule has 1 saturated carbocycles. The number of benzene rings is 2. The summed E-state index contributed by atoms with van der Waals surface area (Å²) in [5, 5.41) is 10.3. The zero-order valence-corrected chi connectivity index (χ0v) is 18.6. The molecular formula is C21H20BrClFN3OS. The number of nitrogens with zero attached hydrogens (tertiary/aromatic N) is 1. The molecule has 0 bridgehead atoms. The van der Waals surface area contributed by atoms with Gasteiger partial charge in [-0.05, 0) is 83.9 Å². The van der Waals surface area contributed by atoms with Gasteiger partial charge in [0.25, 0.3) is 0 Å². The molecule has 0 atom stereocenters. The van der Waals surface area contributed by atoms with Crippen molar-refractivity contribution in [2.75, 3.05) is 0 Å². The second kappa shape index (κ2) is 9.18. The van der Waals surface area contributed by atoms with Gasteiger partial charge in [-0.15, -0.1) is 0 Å². The lowest BCUT2D eigenvalue weighted by Gasteiger charge is -2.25. The van der Waals surface area contributed by atoms with Gasteiger partial charge in [-0.3, -0.25) is 4.72 Å². The molecule has 0 spiro atoms. The number of aromatic nitrogens is 2. The second-order valence-electron chi connectivity index (χ2n) is 7.14. The van der Waals surface area contributed by atoms with E-state index in [4.69, 9.17) is 11.6 Å². The molecule has 2 aromatic carbocycles. The van der Waals surface area contributed by atoms with Gasteiger partial charge in [0, 0.05) is 22.1 Å². The van der Waals surface area contributed by atoms with Gasteiger partial charge in [-0.25, -0.2) is 9.37 Å². The van der Waals surface area contributed by atoms with E-state index in [0.29, 0.717) is 21.4 Å². The van der Waals surface area contributed by atoms with Gasteiger partial charge in [-0.1, -0.05) is 17.7 Å². The Morgan fingerprint density at radius 2 is 1.90 bits per heavy atom. The Morgan fingerprint density at radius 3 is 2.66 bits per heavy atom. The van der Waals surface area contributed by atoms with E-state index in [2.05, 4.69) is 30.6 Å². The van der Waals surface area contributed by atoms with Gasteiger partial charge in [-0.2, -0.15) is 0 Å². The van der Waals surface area contributed by atoms with Crippen molar-refractivity contribution in [1.82, 2.24) is 14.7 Å². The molecule has 0 unspecified atom stereocenters. The summed E-state index contributed by atoms with van der Waals surface area (Å²) in [7, 11) is 0. The van der Waals surface area contributed by atoms with E-state index in [0.717, 1.165) is 47.4 Å². The fourth-order valence-corrected chi connectivity index (χ4v) is 4.71. The van der Waals surface area contributed by atoms with Crippen molar-refractivity contribution in [1.29, 1.82) is 0 Å². The number of nitrogens with one attached hydrogen (secondary N) is 2. The van der Waals surface area contributed by atoms with Crippen molar-refractivity contribution >= 4 is 39.5 Å². The number of aromatic amines is 1. The summed E-state index contributed by atoms with van der Waals surface area (Å²) in [6.45, 7) is 0. The Balaban J connectivity index is 1.50. The molecule has 0 amide bonds. The number of imidazole rings is 1. The Hall–Kier alpha value is -1.38. The van der Waals surface area contributed by atoms with E-state index in [1.807, 2.05) is 24.3 Å². The standard InChI is InChI=1S/C21H20BrClFN3OS/c22-16-7-1-12(9-18(16)24)19-11-25-21(26-19)13-2-8-17(23)20(10-13)29-27-14-3-5-15(28)6-4-14/h1-2,7-11,14-15,27-28H,3-6H2,(H,25,26). The van der Waals surface area contributed by atoms with Crippen molar-refractivity contribution in [2.45, 2.75) is 42.7 Å². The summed E-state index contributed by atoms with van der Waals surface area (Å²) in [5.41, 5.74) is 2.38. The normalized spacial score (nSPS) is 19.4. The highest BCUT2D eigenvalue weighted by Gasteiger charge is 2.19. The Morgan fingerprint density at radius 1 is 1.14 bits per heavy atom. The summed E-state index contributed by atoms with van der Waals surface area (Å²) in [6, 6.07) is 11.1. The van der Waals surface area contributed by atoms with E-state index < -0.39 is 0 Å². The monoisotopic (exact) mass is 495 g/mol. The third kappa shape index (κ3) is 5.03. The third-order valence-electron chi connectivity index (χ3n) is 5.04. The number of aliphatic hydroxyl groups is 1. The minimum atomic E-state index is -0.315. The molecule has 0 saturated heterocycles. The van der Waals surface area contributed by atoms with Crippen LogP contribution in [0.4, 0.5) is 4.39 Å². The van der Waals surface area contributed by atoms with Crippen LogP contribution in [-0.4, -0.2) is 27.2 Å². The molecule has 3 aromatic rings. The second-order valence-corrected chi connectivity index (χ2v) is 9.29. The van der Waals surface area contributed by atoms with Gasteiger partial charge in [0.05, 0.1) is 27.5 Å². The first-order valence-corrected chi connectivity index (χ1v) is 11.4. The van der Waals surface area contributed by atoms with Gasteiger partial charge in [0.2, 0.25) is 0 Å². The molecule has 29 heavy (non-hydrogen) atoms. The summed E-state index contributed by atoms with van der Waals surface area (Å²) < 4.78 is 17.7. The number of aliphatic hydroxyl groups excluding tert-OH is 1. The van der Waals surface area contributed by atoms with E-state index >= 15 is 0 Å². The predicted molar refractivity (Wildman–Crippen MR) is 119 cm³/mol. The maximum absolute atomic E-state index is 13.8. The third-order valence-corrected chi connectivity index (χ3v) is 7.14. The van der Waals surface area contributed by atoms with Crippen LogP contribution in [0, 0.1) is 5.82 Å². The van der Waals surface area contributed by atoms with Crippen LogP contribution >= 0.6 is 39.5 Å². The first kappa shape index (κ1) is 20.9. The Labute approximate surface area is 186 Å². The molecule has 152 valence electrons. The highest BCUT2D eigenvalue weighted by molar-refractivity contribution is 9.10. The van der Waals surface area contributed by atoms with E-state index in [9.17, 15) is 9.50 Å². The van der Waals surface area contributed by atoms with Gasteiger partial charge in [0.1, 0.15) is 11.6 Å². The van der Waals surface area contributed by atoms with E-state index in [1.165, 1.54) is 18.0 Å². The minimum absolute atomic E-state index is 0.169. The van der Waals surface area contributed by atoms with Gasteiger partial charge >= 0.3 is 0 Å². The fraction of sp³-hybridized carbons (Fsp3) is 0.286. The maximum atomic E-state index is 13.8. The maximum Gasteiger partial charge on any atom is 0.138 e. The zero-order chi connectivity index (χ0) is 20.4. The van der Waals surface area contributed by atoms with Crippen LogP contribution in [0.25, 0.3) is 22.6 Å². The van der Waals surface area contributed by atoms with Crippen molar-refractivity contribution < 1.29 is 9.50 Å². The molecule has 1 heterocycles. The van der Waals surface area contributed by atoms with Crippen LogP contribution in [0.5, 0.6) is 0 Å². The summed E-state index contributed by atoms with van der Waals surface area (Å²) in [4.78, 5) is 8.63. The quantitative estimate of drug-likeness (QED) is 0.368. The Kier molecular flexibility index (Phi) is 6.61. The van der Waals surface area contributed by atoms with Crippen LogP contribution < -0.4 is 4.72 Å². The van der Waals surface area contributed by atoms with Crippen molar-refractivity contribution in [3.05, 3.63) is 57.9 Å². The first-order chi connectivity index (χ1) is 14.0. The van der Waals surface area contributed by atoms with Gasteiger partial charge in [0.15, 0.2) is 0 Å². The molecule has 1 aromatic heterocycles. The van der Waals surface area contributed by atoms with Crippen molar-refractivity contribution in [2.24, 2.45) is 0 Å². The molecule has 1 fully saturated rings. The fourth-order valence-electron chi connectivity index (χ4n) is 3.35. The molecule has 0 aliphatic heterocycles. The highest BCUT2D eigenvalue weighted by atomic mass is 79.9. The molecule has 1 aliphatic carbocycles. The smallest absolute Gasteiger partial charge is 0.138 e. The van der Waals surface area contributed by atoms with Crippen molar-refractivity contribution in [3.63, 3.8) is 0 Å². The predicted octanol–water partition coefficient (Wildman–Crippen LogP) is 6.20. The number of rotatable bonds is 5. The topological polar surface area (TPSA) is 60.9 Å². The lowest BCUT2D eigenvalue weighted by molar-refractivity contribution is 0.121. The summed E-state index contributed by atoms with van der Waals surface area (Å²) >= 11 is 11.1. The lowest BCUT2D eigenvalue weighted by Crippen LogP contribution is -2.30. The molecular weight excluding hydrogens is 477 g/mol. The van der Waals surface area contributed by atoms with E-state index in [-0.39, 0.29) is 11.9 Å². The number of hydrogen-bond acceptors (Lipinski definition) is 4.